The van der Waals surface area contributed by atoms with Gasteiger partial charge < -0.3 is 30.4 Å². The second-order valence-electron chi connectivity index (χ2n) is 10.00. The summed E-state index contributed by atoms with van der Waals surface area (Å²) in [6, 6.07) is 12.2. The number of hydrogen-bond donors (Lipinski definition) is 4. The maximum absolute atomic E-state index is 13.4. The van der Waals surface area contributed by atoms with Crippen LogP contribution in [0.25, 0.3) is 33.3 Å². The standard InChI is InChI=1S/C27H32ClN7O/c1-34-10-12-35(13-11-34)19-6-8-22-23(15-19)32-26(31-22)24-25(30-16-18-4-2-3-9-29-18)20-14-17(28)5-7-21(20)33-27(24)36/h5-8,14-15,18,29H,2-4,9-13,16H2,1H3,(H,31,32)(H2,30,33,36). The molecule has 4 N–H and O–H groups in total. The summed E-state index contributed by atoms with van der Waals surface area (Å²) in [6.07, 6.45) is 3.54. The molecular formula is C27H32ClN7O. The summed E-state index contributed by atoms with van der Waals surface area (Å²) in [4.78, 5) is 29.5. The van der Waals surface area contributed by atoms with Crippen LogP contribution in [0.2, 0.25) is 5.02 Å². The largest absolute Gasteiger partial charge is 0.382 e. The lowest BCUT2D eigenvalue weighted by Crippen LogP contribution is -2.44. The van der Waals surface area contributed by atoms with Crippen LogP contribution in [0.3, 0.4) is 0 Å². The number of anilines is 2. The van der Waals surface area contributed by atoms with Crippen LogP contribution in [0.15, 0.2) is 41.2 Å². The second-order valence-corrected chi connectivity index (χ2v) is 10.4. The number of aromatic nitrogens is 3. The van der Waals surface area contributed by atoms with Gasteiger partial charge in [0, 0.05) is 54.9 Å². The Labute approximate surface area is 215 Å². The Morgan fingerprint density at radius 3 is 2.69 bits per heavy atom. The molecule has 6 rings (SSSR count). The molecule has 0 amide bonds. The summed E-state index contributed by atoms with van der Waals surface area (Å²) >= 11 is 6.38. The van der Waals surface area contributed by atoms with Crippen molar-refractivity contribution in [3.63, 3.8) is 0 Å². The molecule has 9 heteroatoms. The maximum atomic E-state index is 13.4. The number of nitrogens with zero attached hydrogens (tertiary/aromatic N) is 3. The van der Waals surface area contributed by atoms with Crippen LogP contribution in [0.1, 0.15) is 19.3 Å². The average Bonchev–Trinajstić information content (AvgIpc) is 3.31. The third kappa shape index (κ3) is 4.56. The average molecular weight is 506 g/mol. The number of piperidine rings is 1. The topological polar surface area (TPSA) is 92.1 Å². The lowest BCUT2D eigenvalue weighted by atomic mass is 10.0. The van der Waals surface area contributed by atoms with E-state index in [1.165, 1.54) is 12.8 Å². The molecule has 2 aliphatic rings. The van der Waals surface area contributed by atoms with Crippen LogP contribution in [0, 0.1) is 0 Å². The first-order valence-electron chi connectivity index (χ1n) is 12.8. The van der Waals surface area contributed by atoms with E-state index in [2.05, 4.69) is 55.6 Å². The van der Waals surface area contributed by atoms with Crippen molar-refractivity contribution < 1.29 is 0 Å². The fraction of sp³-hybridized carbons (Fsp3) is 0.407. The van der Waals surface area contributed by atoms with Gasteiger partial charge in [0.25, 0.3) is 5.56 Å². The summed E-state index contributed by atoms with van der Waals surface area (Å²) in [5, 5.41) is 8.68. The summed E-state index contributed by atoms with van der Waals surface area (Å²) in [5.74, 6) is 0.558. The summed E-state index contributed by atoms with van der Waals surface area (Å²) in [5.41, 5.74) is 4.78. The van der Waals surface area contributed by atoms with Gasteiger partial charge in [0.05, 0.1) is 22.2 Å². The molecule has 1 atom stereocenters. The number of pyridine rings is 1. The van der Waals surface area contributed by atoms with E-state index in [1.54, 1.807) is 6.07 Å². The normalized spacial score (nSPS) is 19.3. The quantitative estimate of drug-likeness (QED) is 0.327. The van der Waals surface area contributed by atoms with Crippen molar-refractivity contribution in [2.24, 2.45) is 0 Å². The highest BCUT2D eigenvalue weighted by Crippen LogP contribution is 2.33. The number of likely N-dealkylation sites (N-methyl/N-ethyl adjacent to an activating group) is 1. The molecule has 2 aromatic heterocycles. The zero-order valence-electron chi connectivity index (χ0n) is 20.5. The zero-order valence-corrected chi connectivity index (χ0v) is 21.3. The first-order chi connectivity index (χ1) is 17.5. The Morgan fingerprint density at radius 2 is 1.89 bits per heavy atom. The summed E-state index contributed by atoms with van der Waals surface area (Å²) < 4.78 is 0. The number of nitrogens with one attached hydrogen (secondary N) is 4. The first-order valence-corrected chi connectivity index (χ1v) is 13.2. The second kappa shape index (κ2) is 9.76. The molecule has 1 unspecified atom stereocenters. The Balaban J connectivity index is 1.41. The highest BCUT2D eigenvalue weighted by atomic mass is 35.5. The van der Waals surface area contributed by atoms with Gasteiger partial charge in [-0.15, -0.1) is 0 Å². The number of benzene rings is 2. The molecule has 0 saturated carbocycles. The Hall–Kier alpha value is -3.07. The Kier molecular flexibility index (Phi) is 6.33. The van der Waals surface area contributed by atoms with E-state index in [4.69, 9.17) is 16.6 Å². The number of hydrogen-bond acceptors (Lipinski definition) is 6. The van der Waals surface area contributed by atoms with Crippen molar-refractivity contribution in [1.29, 1.82) is 0 Å². The molecule has 0 bridgehead atoms. The van der Waals surface area contributed by atoms with Crippen molar-refractivity contribution >= 4 is 44.9 Å². The number of aromatic amines is 2. The number of rotatable bonds is 5. The number of halogens is 1. The molecule has 2 fully saturated rings. The van der Waals surface area contributed by atoms with Crippen LogP contribution >= 0.6 is 11.6 Å². The molecule has 0 spiro atoms. The summed E-state index contributed by atoms with van der Waals surface area (Å²) in [6.45, 7) is 5.83. The third-order valence-electron chi connectivity index (χ3n) is 7.49. The molecule has 0 radical (unpaired) electrons. The van der Waals surface area contributed by atoms with E-state index in [9.17, 15) is 4.79 Å². The fourth-order valence-corrected chi connectivity index (χ4v) is 5.54. The van der Waals surface area contributed by atoms with Crippen molar-refractivity contribution in [3.8, 4) is 11.4 Å². The lowest BCUT2D eigenvalue weighted by molar-refractivity contribution is 0.313. The van der Waals surface area contributed by atoms with E-state index in [1.807, 2.05) is 12.1 Å². The molecule has 2 saturated heterocycles. The fourth-order valence-electron chi connectivity index (χ4n) is 5.37. The molecule has 4 heterocycles. The van der Waals surface area contributed by atoms with E-state index >= 15 is 0 Å². The zero-order chi connectivity index (χ0) is 24.6. The highest BCUT2D eigenvalue weighted by Gasteiger charge is 2.21. The van der Waals surface area contributed by atoms with Crippen molar-refractivity contribution in [2.45, 2.75) is 25.3 Å². The molecule has 8 nitrogen and oxygen atoms in total. The van der Waals surface area contributed by atoms with Gasteiger partial charge in [-0.2, -0.15) is 0 Å². The third-order valence-corrected chi connectivity index (χ3v) is 7.72. The number of H-pyrrole nitrogens is 2. The Morgan fingerprint density at radius 1 is 1.06 bits per heavy atom. The van der Waals surface area contributed by atoms with Crippen LogP contribution < -0.4 is 21.1 Å². The van der Waals surface area contributed by atoms with Gasteiger partial charge >= 0.3 is 0 Å². The lowest BCUT2D eigenvalue weighted by Gasteiger charge is -2.34. The molecule has 2 aliphatic heterocycles. The van der Waals surface area contributed by atoms with Crippen LogP contribution in [-0.4, -0.2) is 72.2 Å². The summed E-state index contributed by atoms with van der Waals surface area (Å²) in [7, 11) is 2.16. The Bertz CT molecular complexity index is 1450. The van der Waals surface area contributed by atoms with E-state index in [0.717, 1.165) is 79.0 Å². The SMILES string of the molecule is CN1CCN(c2ccc3[nH]c(-c4c(NCC5CCCCN5)c5cc(Cl)ccc5[nH]c4=O)nc3c2)CC1. The van der Waals surface area contributed by atoms with E-state index < -0.39 is 0 Å². The minimum absolute atomic E-state index is 0.178. The molecular weight excluding hydrogens is 474 g/mol. The van der Waals surface area contributed by atoms with Gasteiger partial charge in [-0.1, -0.05) is 18.0 Å². The van der Waals surface area contributed by atoms with Gasteiger partial charge in [0.1, 0.15) is 11.4 Å². The predicted molar refractivity (Wildman–Crippen MR) is 149 cm³/mol. The van der Waals surface area contributed by atoms with Gasteiger partial charge in [0.2, 0.25) is 0 Å². The van der Waals surface area contributed by atoms with Gasteiger partial charge in [-0.25, -0.2) is 4.98 Å². The van der Waals surface area contributed by atoms with Crippen LogP contribution in [0.4, 0.5) is 11.4 Å². The molecule has 2 aromatic carbocycles. The minimum atomic E-state index is -0.178. The van der Waals surface area contributed by atoms with Crippen molar-refractivity contribution in [1.82, 2.24) is 25.2 Å². The van der Waals surface area contributed by atoms with E-state index in [-0.39, 0.29) is 5.56 Å². The monoisotopic (exact) mass is 505 g/mol. The van der Waals surface area contributed by atoms with Gasteiger partial charge in [0.15, 0.2) is 0 Å². The van der Waals surface area contributed by atoms with Crippen LogP contribution in [0.5, 0.6) is 0 Å². The number of imidazole rings is 1. The van der Waals surface area contributed by atoms with Crippen LogP contribution in [-0.2, 0) is 0 Å². The van der Waals surface area contributed by atoms with E-state index in [0.29, 0.717) is 22.5 Å². The number of piperazine rings is 1. The van der Waals surface area contributed by atoms with Crippen molar-refractivity contribution in [2.75, 3.05) is 56.5 Å². The highest BCUT2D eigenvalue weighted by molar-refractivity contribution is 6.31. The molecule has 36 heavy (non-hydrogen) atoms. The maximum Gasteiger partial charge on any atom is 0.261 e. The van der Waals surface area contributed by atoms with Gasteiger partial charge in [-0.3, -0.25) is 4.79 Å². The molecule has 0 aliphatic carbocycles. The predicted octanol–water partition coefficient (Wildman–Crippen LogP) is 4.03. The van der Waals surface area contributed by atoms with Crippen molar-refractivity contribution in [3.05, 3.63) is 51.8 Å². The van der Waals surface area contributed by atoms with Gasteiger partial charge in [-0.05, 0) is 62.8 Å². The minimum Gasteiger partial charge on any atom is -0.382 e. The smallest absolute Gasteiger partial charge is 0.261 e. The number of fused-ring (bicyclic) bond motifs is 2. The molecule has 188 valence electrons. The first kappa shape index (κ1) is 23.3. The molecule has 4 aromatic rings.